The molecule has 0 spiro atoms. The van der Waals surface area contributed by atoms with E-state index in [0.717, 1.165) is 0 Å². The molecule has 0 unspecified atom stereocenters. The summed E-state index contributed by atoms with van der Waals surface area (Å²) < 4.78 is 1.34. The Balaban J connectivity index is 2.51. The van der Waals surface area contributed by atoms with E-state index in [0.29, 0.717) is 5.56 Å². The van der Waals surface area contributed by atoms with Crippen LogP contribution < -0.4 is 0 Å². The van der Waals surface area contributed by atoms with E-state index in [-0.39, 0.29) is 11.5 Å². The number of nitriles is 1. The minimum Gasteiger partial charge on any atom is -0.476 e. The van der Waals surface area contributed by atoms with E-state index >= 15 is 0 Å². The molecule has 7 nitrogen and oxygen atoms in total. The highest BCUT2D eigenvalue weighted by Gasteiger charge is 2.11. The van der Waals surface area contributed by atoms with Gasteiger partial charge in [-0.3, -0.25) is 4.57 Å². The first-order valence-electron chi connectivity index (χ1n) is 4.22. The van der Waals surface area contributed by atoms with Gasteiger partial charge >= 0.3 is 5.97 Å². The van der Waals surface area contributed by atoms with Crippen molar-refractivity contribution in [1.29, 1.82) is 5.26 Å². The average Bonchev–Trinajstić information content (AvgIpc) is 2.78. The van der Waals surface area contributed by atoms with E-state index in [4.69, 9.17) is 10.4 Å². The van der Waals surface area contributed by atoms with Gasteiger partial charge < -0.3 is 5.11 Å². The highest BCUT2D eigenvalue weighted by molar-refractivity contribution is 5.85. The number of nitrogens with zero attached hydrogens (tertiary/aromatic N) is 5. The van der Waals surface area contributed by atoms with Crippen molar-refractivity contribution in [2.75, 3.05) is 0 Å². The molecule has 0 amide bonds. The fraction of sp³-hybridized carbons (Fsp3) is 0. The molecule has 2 aromatic heterocycles. The van der Waals surface area contributed by atoms with Crippen molar-refractivity contribution in [2.45, 2.75) is 0 Å². The third-order valence-electron chi connectivity index (χ3n) is 1.87. The second kappa shape index (κ2) is 3.78. The number of imidazole rings is 1. The molecule has 0 fully saturated rings. The van der Waals surface area contributed by atoms with Crippen molar-refractivity contribution in [3.8, 4) is 11.9 Å². The Morgan fingerprint density at radius 1 is 1.56 bits per heavy atom. The number of carboxylic acid groups (broad SMARTS) is 1. The zero-order valence-electron chi connectivity index (χ0n) is 7.90. The maximum atomic E-state index is 10.6. The predicted molar refractivity (Wildman–Crippen MR) is 50.8 cm³/mol. The lowest BCUT2D eigenvalue weighted by molar-refractivity contribution is 0.0691. The number of hydrogen-bond acceptors (Lipinski definition) is 5. The summed E-state index contributed by atoms with van der Waals surface area (Å²) in [5, 5.41) is 24.9. The Labute approximate surface area is 89.6 Å². The molecule has 0 atom stereocenters. The number of carboxylic acids is 1. The van der Waals surface area contributed by atoms with Crippen LogP contribution in [0.3, 0.4) is 0 Å². The summed E-state index contributed by atoms with van der Waals surface area (Å²) in [6, 6.07) is 3.42. The Morgan fingerprint density at radius 3 is 3.00 bits per heavy atom. The largest absolute Gasteiger partial charge is 0.476 e. The standard InChI is InChI=1S/C9H5N5O2/c10-3-6-1-2-12-13-8(6)14-4-7(9(15)16)11-5-14/h1-2,4-5H,(H,15,16). The van der Waals surface area contributed by atoms with Gasteiger partial charge in [-0.2, -0.15) is 10.4 Å². The Bertz CT molecular complexity index is 584. The van der Waals surface area contributed by atoms with Gasteiger partial charge in [0.15, 0.2) is 11.5 Å². The molecular weight excluding hydrogens is 210 g/mol. The normalized spacial score (nSPS) is 9.69. The summed E-state index contributed by atoms with van der Waals surface area (Å²) in [7, 11) is 0. The van der Waals surface area contributed by atoms with Crippen molar-refractivity contribution in [2.24, 2.45) is 0 Å². The Morgan fingerprint density at radius 2 is 2.38 bits per heavy atom. The lowest BCUT2D eigenvalue weighted by atomic mass is 10.3. The van der Waals surface area contributed by atoms with Crippen LogP contribution in [0.15, 0.2) is 24.8 Å². The smallest absolute Gasteiger partial charge is 0.356 e. The van der Waals surface area contributed by atoms with Crippen molar-refractivity contribution >= 4 is 5.97 Å². The first-order chi connectivity index (χ1) is 7.72. The minimum atomic E-state index is -1.14. The van der Waals surface area contributed by atoms with Gasteiger partial charge in [0.2, 0.25) is 0 Å². The van der Waals surface area contributed by atoms with E-state index < -0.39 is 5.97 Å². The molecule has 0 aliphatic carbocycles. The summed E-state index contributed by atoms with van der Waals surface area (Å²) in [5.41, 5.74) is 0.180. The fourth-order valence-electron chi connectivity index (χ4n) is 1.15. The SMILES string of the molecule is N#Cc1ccnnc1-n1cnc(C(=O)O)c1. The molecule has 0 aromatic carbocycles. The molecule has 2 heterocycles. The summed E-state index contributed by atoms with van der Waals surface area (Å²) in [6.45, 7) is 0. The number of aromatic nitrogens is 4. The molecule has 7 heteroatoms. The van der Waals surface area contributed by atoms with Gasteiger partial charge in [-0.25, -0.2) is 9.78 Å². The molecule has 0 saturated heterocycles. The van der Waals surface area contributed by atoms with E-state index in [1.807, 2.05) is 6.07 Å². The van der Waals surface area contributed by atoms with Crippen LogP contribution in [0.5, 0.6) is 0 Å². The molecule has 0 aliphatic rings. The molecule has 0 saturated carbocycles. The number of hydrogen-bond donors (Lipinski definition) is 1. The average molecular weight is 215 g/mol. The zero-order valence-corrected chi connectivity index (χ0v) is 7.90. The van der Waals surface area contributed by atoms with Crippen molar-refractivity contribution in [1.82, 2.24) is 19.7 Å². The maximum Gasteiger partial charge on any atom is 0.356 e. The third-order valence-corrected chi connectivity index (χ3v) is 1.87. The summed E-state index contributed by atoms with van der Waals surface area (Å²) in [6.07, 6.45) is 3.93. The van der Waals surface area contributed by atoms with Crippen LogP contribution in [-0.2, 0) is 0 Å². The molecule has 2 aromatic rings. The van der Waals surface area contributed by atoms with Gasteiger partial charge in [-0.15, -0.1) is 5.10 Å². The molecule has 1 N–H and O–H groups in total. The topological polar surface area (TPSA) is 105 Å². The highest BCUT2D eigenvalue weighted by atomic mass is 16.4. The number of carbonyl (C=O) groups is 1. The molecule has 78 valence electrons. The van der Waals surface area contributed by atoms with E-state index in [9.17, 15) is 4.79 Å². The molecular formula is C9H5N5O2. The molecule has 0 aliphatic heterocycles. The number of rotatable bonds is 2. The van der Waals surface area contributed by atoms with E-state index in [1.165, 1.54) is 29.4 Å². The number of aromatic carboxylic acids is 1. The first-order valence-corrected chi connectivity index (χ1v) is 4.22. The molecule has 0 radical (unpaired) electrons. The Hall–Kier alpha value is -2.75. The van der Waals surface area contributed by atoms with Gasteiger partial charge in [0.05, 0.1) is 11.8 Å². The summed E-state index contributed by atoms with van der Waals surface area (Å²) in [4.78, 5) is 14.3. The van der Waals surface area contributed by atoms with Crippen LogP contribution in [0.25, 0.3) is 5.82 Å². The third kappa shape index (κ3) is 1.59. The van der Waals surface area contributed by atoms with E-state index in [1.54, 1.807) is 0 Å². The van der Waals surface area contributed by atoms with Gasteiger partial charge in [0.1, 0.15) is 12.4 Å². The quantitative estimate of drug-likeness (QED) is 0.768. The molecule has 16 heavy (non-hydrogen) atoms. The van der Waals surface area contributed by atoms with Gasteiger partial charge in [0, 0.05) is 6.20 Å². The monoisotopic (exact) mass is 215 g/mol. The van der Waals surface area contributed by atoms with Crippen LogP contribution in [0.2, 0.25) is 0 Å². The first kappa shape index (κ1) is 9.79. The van der Waals surface area contributed by atoms with Gasteiger partial charge in [0.25, 0.3) is 0 Å². The zero-order chi connectivity index (χ0) is 11.5. The van der Waals surface area contributed by atoms with Crippen LogP contribution in [0.4, 0.5) is 0 Å². The highest BCUT2D eigenvalue weighted by Crippen LogP contribution is 2.09. The predicted octanol–water partition coefficient (Wildman–Crippen LogP) is 0.232. The van der Waals surface area contributed by atoms with E-state index in [2.05, 4.69) is 15.2 Å². The fourth-order valence-corrected chi connectivity index (χ4v) is 1.15. The van der Waals surface area contributed by atoms with Crippen LogP contribution in [-0.4, -0.2) is 30.8 Å². The van der Waals surface area contributed by atoms with Crippen LogP contribution in [0.1, 0.15) is 16.1 Å². The second-order valence-electron chi connectivity index (χ2n) is 2.85. The van der Waals surface area contributed by atoms with Crippen LogP contribution >= 0.6 is 0 Å². The Kier molecular flexibility index (Phi) is 2.31. The lowest BCUT2D eigenvalue weighted by Gasteiger charge is -1.99. The lowest BCUT2D eigenvalue weighted by Crippen LogP contribution is -2.00. The van der Waals surface area contributed by atoms with Gasteiger partial charge in [-0.05, 0) is 6.07 Å². The molecule has 2 rings (SSSR count). The summed E-state index contributed by atoms with van der Waals surface area (Å²) >= 11 is 0. The molecule has 0 bridgehead atoms. The summed E-state index contributed by atoms with van der Waals surface area (Å²) in [5.74, 6) is -0.883. The van der Waals surface area contributed by atoms with Crippen molar-refractivity contribution < 1.29 is 9.90 Å². The second-order valence-corrected chi connectivity index (χ2v) is 2.85. The van der Waals surface area contributed by atoms with Crippen LogP contribution in [0, 0.1) is 11.3 Å². The van der Waals surface area contributed by atoms with Crippen molar-refractivity contribution in [3.63, 3.8) is 0 Å². The minimum absolute atomic E-state index is 0.116. The van der Waals surface area contributed by atoms with Gasteiger partial charge in [-0.1, -0.05) is 0 Å². The maximum absolute atomic E-state index is 10.6. The van der Waals surface area contributed by atoms with Crippen molar-refractivity contribution in [3.05, 3.63) is 36.0 Å².